The van der Waals surface area contributed by atoms with E-state index >= 15 is 0 Å². The fourth-order valence-corrected chi connectivity index (χ4v) is 1.87. The van der Waals surface area contributed by atoms with Crippen molar-refractivity contribution in [3.05, 3.63) is 35.7 Å². The molecular formula is C13H15N3O2. The fourth-order valence-electron chi connectivity index (χ4n) is 1.87. The van der Waals surface area contributed by atoms with Crippen molar-refractivity contribution < 1.29 is 9.53 Å². The van der Waals surface area contributed by atoms with E-state index in [2.05, 4.69) is 10.3 Å². The number of para-hydroxylation sites is 2. The summed E-state index contributed by atoms with van der Waals surface area (Å²) in [5.74, 6) is 0.706. The van der Waals surface area contributed by atoms with Crippen molar-refractivity contribution in [3.63, 3.8) is 0 Å². The van der Waals surface area contributed by atoms with Gasteiger partial charge >= 0.3 is 0 Å². The fraction of sp³-hybridized carbons (Fsp3) is 0.308. The first kappa shape index (κ1) is 12.3. The third-order valence-corrected chi connectivity index (χ3v) is 2.71. The van der Waals surface area contributed by atoms with Crippen LogP contribution in [0.15, 0.2) is 24.3 Å². The van der Waals surface area contributed by atoms with Crippen molar-refractivity contribution in [2.24, 2.45) is 0 Å². The molecular weight excluding hydrogens is 230 g/mol. The lowest BCUT2D eigenvalue weighted by Crippen LogP contribution is -2.05. The van der Waals surface area contributed by atoms with Crippen LogP contribution in [0, 0.1) is 0 Å². The first-order valence-corrected chi connectivity index (χ1v) is 5.85. The molecule has 0 saturated heterocycles. The molecule has 0 aliphatic carbocycles. The van der Waals surface area contributed by atoms with Crippen LogP contribution < -0.4 is 4.74 Å². The van der Waals surface area contributed by atoms with Gasteiger partial charge in [0.05, 0.1) is 12.8 Å². The Hall–Kier alpha value is -2.17. The number of aldehydes is 1. The van der Waals surface area contributed by atoms with Gasteiger partial charge in [-0.1, -0.05) is 30.7 Å². The molecule has 1 heterocycles. The number of carbonyl (C=O) groups excluding carboxylic acids is 1. The molecule has 0 atom stereocenters. The molecule has 2 rings (SSSR count). The molecule has 94 valence electrons. The second kappa shape index (κ2) is 5.44. The predicted octanol–water partition coefficient (Wildman–Crippen LogP) is 2.04. The summed E-state index contributed by atoms with van der Waals surface area (Å²) in [7, 11) is 1.61. The number of carbonyl (C=O) groups is 1. The number of aromatic nitrogens is 3. The van der Waals surface area contributed by atoms with Crippen LogP contribution in [0.1, 0.15) is 29.5 Å². The Balaban J connectivity index is 2.56. The molecule has 0 radical (unpaired) electrons. The lowest BCUT2D eigenvalue weighted by atomic mass is 10.2. The summed E-state index contributed by atoms with van der Waals surface area (Å²) in [5.41, 5.74) is 2.00. The van der Waals surface area contributed by atoms with Crippen LogP contribution >= 0.6 is 0 Å². The highest BCUT2D eigenvalue weighted by molar-refractivity contribution is 5.73. The first-order valence-electron chi connectivity index (χ1n) is 5.85. The lowest BCUT2D eigenvalue weighted by Gasteiger charge is -2.10. The third kappa shape index (κ3) is 2.11. The van der Waals surface area contributed by atoms with Gasteiger partial charge < -0.3 is 4.74 Å². The van der Waals surface area contributed by atoms with Gasteiger partial charge in [0.1, 0.15) is 17.1 Å². The molecule has 18 heavy (non-hydrogen) atoms. The molecule has 1 aromatic carbocycles. The van der Waals surface area contributed by atoms with Crippen molar-refractivity contribution in [3.8, 4) is 11.4 Å². The average molecular weight is 245 g/mol. The molecule has 0 amide bonds. The van der Waals surface area contributed by atoms with E-state index in [9.17, 15) is 4.79 Å². The molecule has 5 nitrogen and oxygen atoms in total. The van der Waals surface area contributed by atoms with E-state index in [0.29, 0.717) is 11.4 Å². The van der Waals surface area contributed by atoms with Crippen LogP contribution in [-0.4, -0.2) is 28.4 Å². The molecule has 0 bridgehead atoms. The minimum atomic E-state index is 0.391. The maximum absolute atomic E-state index is 11.0. The lowest BCUT2D eigenvalue weighted by molar-refractivity contribution is 0.111. The zero-order valence-electron chi connectivity index (χ0n) is 10.5. The number of nitrogens with zero attached hydrogens (tertiary/aromatic N) is 3. The van der Waals surface area contributed by atoms with Crippen molar-refractivity contribution in [1.82, 2.24) is 15.0 Å². The van der Waals surface area contributed by atoms with Gasteiger partial charge in [0.2, 0.25) is 0 Å². The molecule has 0 unspecified atom stereocenters. The number of hydrogen-bond donors (Lipinski definition) is 0. The van der Waals surface area contributed by atoms with E-state index in [1.807, 2.05) is 31.2 Å². The SMILES string of the molecule is CCCc1c(C=O)nnn1-c1ccccc1OC. The van der Waals surface area contributed by atoms with Gasteiger partial charge in [-0.05, 0) is 18.6 Å². The minimum Gasteiger partial charge on any atom is -0.494 e. The first-order chi connectivity index (χ1) is 8.81. The molecule has 0 spiro atoms. The number of hydrogen-bond acceptors (Lipinski definition) is 4. The highest BCUT2D eigenvalue weighted by Crippen LogP contribution is 2.23. The Morgan fingerprint density at radius 3 is 2.83 bits per heavy atom. The van der Waals surface area contributed by atoms with Gasteiger partial charge in [-0.15, -0.1) is 5.10 Å². The minimum absolute atomic E-state index is 0.391. The monoisotopic (exact) mass is 245 g/mol. The summed E-state index contributed by atoms with van der Waals surface area (Å²) in [6.07, 6.45) is 2.41. The van der Waals surface area contributed by atoms with E-state index in [1.165, 1.54) is 0 Å². The molecule has 1 aromatic heterocycles. The predicted molar refractivity (Wildman–Crippen MR) is 67.3 cm³/mol. The third-order valence-electron chi connectivity index (χ3n) is 2.71. The van der Waals surface area contributed by atoms with Crippen LogP contribution in [0.25, 0.3) is 5.69 Å². The number of benzene rings is 1. The molecule has 0 N–H and O–H groups in total. The van der Waals surface area contributed by atoms with Crippen molar-refractivity contribution >= 4 is 6.29 Å². The van der Waals surface area contributed by atoms with E-state index in [1.54, 1.807) is 11.8 Å². The van der Waals surface area contributed by atoms with Crippen LogP contribution in [-0.2, 0) is 6.42 Å². The van der Waals surface area contributed by atoms with Crippen molar-refractivity contribution in [2.45, 2.75) is 19.8 Å². The summed E-state index contributed by atoms with van der Waals surface area (Å²) in [6, 6.07) is 7.53. The maximum Gasteiger partial charge on any atom is 0.172 e. The number of ether oxygens (including phenoxy) is 1. The Kier molecular flexibility index (Phi) is 3.72. The molecule has 5 heteroatoms. The molecule has 0 aliphatic heterocycles. The van der Waals surface area contributed by atoms with Gasteiger partial charge in [0, 0.05) is 0 Å². The summed E-state index contributed by atoms with van der Waals surface area (Å²) in [4.78, 5) is 11.0. The highest BCUT2D eigenvalue weighted by Gasteiger charge is 2.15. The summed E-state index contributed by atoms with van der Waals surface area (Å²) < 4.78 is 6.97. The Morgan fingerprint density at radius 2 is 2.17 bits per heavy atom. The Morgan fingerprint density at radius 1 is 1.39 bits per heavy atom. The molecule has 0 fully saturated rings. The van der Waals surface area contributed by atoms with Crippen LogP contribution in [0.3, 0.4) is 0 Å². The van der Waals surface area contributed by atoms with Gasteiger partial charge in [-0.25, -0.2) is 4.68 Å². The van der Waals surface area contributed by atoms with Gasteiger partial charge in [-0.3, -0.25) is 4.79 Å². The summed E-state index contributed by atoms with van der Waals surface area (Å²) >= 11 is 0. The van der Waals surface area contributed by atoms with E-state index in [-0.39, 0.29) is 0 Å². The maximum atomic E-state index is 11.0. The zero-order valence-corrected chi connectivity index (χ0v) is 10.5. The summed E-state index contributed by atoms with van der Waals surface area (Å²) in [5, 5.41) is 7.93. The van der Waals surface area contributed by atoms with Crippen LogP contribution in [0.4, 0.5) is 0 Å². The molecule has 2 aromatic rings. The molecule has 0 saturated carbocycles. The van der Waals surface area contributed by atoms with Crippen LogP contribution in [0.5, 0.6) is 5.75 Å². The second-order valence-electron chi connectivity index (χ2n) is 3.87. The van der Waals surface area contributed by atoms with Crippen LogP contribution in [0.2, 0.25) is 0 Å². The van der Waals surface area contributed by atoms with E-state index in [0.717, 1.165) is 30.5 Å². The molecule has 0 aliphatic rings. The van der Waals surface area contributed by atoms with Gasteiger partial charge in [0.25, 0.3) is 0 Å². The van der Waals surface area contributed by atoms with Crippen molar-refractivity contribution in [2.75, 3.05) is 7.11 Å². The topological polar surface area (TPSA) is 57.0 Å². The zero-order chi connectivity index (χ0) is 13.0. The smallest absolute Gasteiger partial charge is 0.172 e. The Bertz CT molecular complexity index is 549. The summed E-state index contributed by atoms with van der Waals surface area (Å²) in [6.45, 7) is 2.05. The second-order valence-corrected chi connectivity index (χ2v) is 3.87. The van der Waals surface area contributed by atoms with Gasteiger partial charge in [0.15, 0.2) is 6.29 Å². The van der Waals surface area contributed by atoms with Gasteiger partial charge in [-0.2, -0.15) is 0 Å². The van der Waals surface area contributed by atoms with E-state index in [4.69, 9.17) is 4.74 Å². The average Bonchev–Trinajstić information content (AvgIpc) is 2.82. The number of methoxy groups -OCH3 is 1. The number of rotatable bonds is 5. The Labute approximate surface area is 105 Å². The van der Waals surface area contributed by atoms with E-state index < -0.39 is 0 Å². The standard InChI is InChI=1S/C13H15N3O2/c1-3-6-11-10(9-17)14-15-16(11)12-7-4-5-8-13(12)18-2/h4-5,7-9H,3,6H2,1-2H3. The van der Waals surface area contributed by atoms with Crippen molar-refractivity contribution in [1.29, 1.82) is 0 Å². The normalized spacial score (nSPS) is 10.3. The largest absolute Gasteiger partial charge is 0.494 e. The highest BCUT2D eigenvalue weighted by atomic mass is 16.5. The quantitative estimate of drug-likeness (QED) is 0.756.